The number of thiophene rings is 7. The van der Waals surface area contributed by atoms with E-state index in [4.69, 9.17) is 0 Å². The third-order valence-corrected chi connectivity index (χ3v) is 16.0. The smallest absolute Gasteiger partial charge is 0.0838 e. The highest BCUT2D eigenvalue weighted by atomic mass is 32.1. The zero-order valence-corrected chi connectivity index (χ0v) is 24.5. The lowest BCUT2D eigenvalue weighted by Crippen LogP contribution is -1.92. The number of benzene rings is 1. The predicted molar refractivity (Wildman–Crippen MR) is 168 cm³/mol. The Morgan fingerprint density at radius 1 is 0.457 bits per heavy atom. The van der Waals surface area contributed by atoms with Gasteiger partial charge in [0, 0.05) is 24.8 Å². The van der Waals surface area contributed by atoms with Gasteiger partial charge in [0.05, 0.1) is 58.0 Å². The number of aryl methyl sites for hydroxylation is 3. The minimum atomic E-state index is 1.27. The molecular weight excluding hydrogens is 563 g/mol. The Morgan fingerprint density at radius 3 is 1.66 bits per heavy atom. The summed E-state index contributed by atoms with van der Waals surface area (Å²) in [6.45, 7) is 6.63. The highest BCUT2D eigenvalue weighted by Gasteiger charge is 2.27. The number of hydrogen-bond acceptors (Lipinski definition) is 7. The van der Waals surface area contributed by atoms with Crippen LogP contribution < -0.4 is 0 Å². The highest BCUT2D eigenvalue weighted by Crippen LogP contribution is 2.57. The third-order valence-electron chi connectivity index (χ3n) is 6.72. The summed E-state index contributed by atoms with van der Waals surface area (Å²) in [6, 6.07) is 13.8. The molecule has 0 spiro atoms. The number of hydrogen-bond donors (Lipinski definition) is 0. The van der Waals surface area contributed by atoms with Crippen molar-refractivity contribution in [1.29, 1.82) is 0 Å². The van der Waals surface area contributed by atoms with Gasteiger partial charge in [-0.3, -0.25) is 0 Å². The van der Waals surface area contributed by atoms with Crippen LogP contribution in [0.4, 0.5) is 0 Å². The normalized spacial score (nSPS) is 13.0. The van der Waals surface area contributed by atoms with Crippen LogP contribution in [0.3, 0.4) is 0 Å². The van der Waals surface area contributed by atoms with Gasteiger partial charge in [-0.15, -0.1) is 79.4 Å². The van der Waals surface area contributed by atoms with E-state index in [1.165, 1.54) is 88.4 Å². The van der Waals surface area contributed by atoms with Gasteiger partial charge in [0.2, 0.25) is 0 Å². The van der Waals surface area contributed by atoms with E-state index in [2.05, 4.69) is 61.7 Å². The lowest BCUT2D eigenvalue weighted by molar-refractivity contribution is 1.19. The van der Waals surface area contributed by atoms with Gasteiger partial charge >= 0.3 is 0 Å². The molecule has 0 fully saturated rings. The first kappa shape index (κ1) is 20.3. The molecule has 8 heteroatoms. The molecule has 0 bridgehead atoms. The van der Waals surface area contributed by atoms with Crippen LogP contribution in [0.2, 0.25) is 0 Å². The van der Waals surface area contributed by atoms with Crippen molar-refractivity contribution in [2.24, 2.45) is 0 Å². The molecule has 9 rings (SSSR count). The van der Waals surface area contributed by atoms with E-state index < -0.39 is 0 Å². The monoisotopic (exact) mass is 577 g/mol. The van der Waals surface area contributed by atoms with Crippen LogP contribution in [-0.4, -0.2) is 4.57 Å². The fourth-order valence-electron chi connectivity index (χ4n) is 5.24. The van der Waals surface area contributed by atoms with Gasteiger partial charge in [-0.05, 0) is 45.0 Å². The van der Waals surface area contributed by atoms with Gasteiger partial charge in [-0.2, -0.15) is 0 Å². The minimum absolute atomic E-state index is 1.27. The summed E-state index contributed by atoms with van der Waals surface area (Å²) in [4.78, 5) is 2.81. The van der Waals surface area contributed by atoms with Gasteiger partial charge in [0.1, 0.15) is 0 Å². The molecule has 1 nitrogen and oxygen atoms in total. The summed E-state index contributed by atoms with van der Waals surface area (Å²) in [7, 11) is 0. The van der Waals surface area contributed by atoms with Gasteiger partial charge < -0.3 is 4.57 Å². The Kier molecular flexibility index (Phi) is 3.91. The topological polar surface area (TPSA) is 4.93 Å². The molecule has 8 heterocycles. The number of rotatable bonds is 1. The molecule has 8 aromatic heterocycles. The third kappa shape index (κ3) is 2.51. The molecule has 0 atom stereocenters. The fraction of sp³-hybridized carbons (Fsp3) is 0.111. The molecule has 0 unspecified atom stereocenters. The summed E-state index contributed by atoms with van der Waals surface area (Å²) in [5.74, 6) is 0. The molecule has 0 saturated heterocycles. The molecule has 1 aromatic carbocycles. The summed E-state index contributed by atoms with van der Waals surface area (Å²) < 4.78 is 20.3. The summed E-state index contributed by atoms with van der Waals surface area (Å²) >= 11 is 13.9. The van der Waals surface area contributed by atoms with Crippen molar-refractivity contribution in [1.82, 2.24) is 4.57 Å². The Bertz CT molecular complexity index is 2290. The average molecular weight is 578 g/mol. The SMILES string of the molecule is Cc1ccc(-n2c3c4sc(C)cc4sc3c3sc4c5sc6c7sc(C)cc7sc6c5sc4c32)cc1. The maximum atomic E-state index is 2.57. The van der Waals surface area contributed by atoms with Gasteiger partial charge in [-0.1, -0.05) is 17.7 Å². The zero-order valence-electron chi connectivity index (χ0n) is 18.8. The summed E-state index contributed by atoms with van der Waals surface area (Å²) in [5, 5.41) is 0. The maximum absolute atomic E-state index is 2.57. The largest absolute Gasteiger partial charge is 0.305 e. The molecule has 0 radical (unpaired) electrons. The van der Waals surface area contributed by atoms with E-state index in [1.54, 1.807) is 0 Å². The Balaban J connectivity index is 1.47. The molecule has 9 aromatic rings. The van der Waals surface area contributed by atoms with E-state index in [-0.39, 0.29) is 0 Å². The van der Waals surface area contributed by atoms with Crippen molar-refractivity contribution < 1.29 is 0 Å². The van der Waals surface area contributed by atoms with E-state index in [0.717, 1.165) is 0 Å². The van der Waals surface area contributed by atoms with Crippen molar-refractivity contribution in [3.8, 4) is 5.69 Å². The van der Waals surface area contributed by atoms with Crippen molar-refractivity contribution in [2.45, 2.75) is 20.8 Å². The molecule has 0 aliphatic rings. The molecule has 0 saturated carbocycles. The second-order valence-electron chi connectivity index (χ2n) is 9.11. The molecule has 170 valence electrons. The van der Waals surface area contributed by atoms with Crippen LogP contribution >= 0.6 is 79.4 Å². The fourth-order valence-corrected chi connectivity index (χ4v) is 15.3. The molecule has 0 aliphatic carbocycles. The maximum Gasteiger partial charge on any atom is 0.0838 e. The van der Waals surface area contributed by atoms with Crippen molar-refractivity contribution in [2.75, 3.05) is 0 Å². The van der Waals surface area contributed by atoms with Crippen molar-refractivity contribution in [3.63, 3.8) is 0 Å². The van der Waals surface area contributed by atoms with E-state index in [0.29, 0.717) is 0 Å². The standard InChI is InChI=1S/C27H15NS7/c1-10-4-6-13(7-5-10)28-16-18-14(8-11(2)29-18)31-20(16)21-17(28)22-24(33-21)26-27(34-22)25-23(35-26)19-15(32-25)9-12(3)30-19/h4-9H,1-3H3. The van der Waals surface area contributed by atoms with Crippen LogP contribution in [0.15, 0.2) is 36.4 Å². The number of aromatic nitrogens is 1. The Morgan fingerprint density at radius 2 is 0.914 bits per heavy atom. The van der Waals surface area contributed by atoms with Crippen LogP contribution in [0.25, 0.3) is 73.1 Å². The minimum Gasteiger partial charge on any atom is -0.305 e. The number of fused-ring (bicyclic) bond motifs is 13. The summed E-state index contributed by atoms with van der Waals surface area (Å²) in [5.41, 5.74) is 5.40. The van der Waals surface area contributed by atoms with Crippen LogP contribution in [0.5, 0.6) is 0 Å². The summed E-state index contributed by atoms with van der Waals surface area (Å²) in [6.07, 6.45) is 0. The zero-order chi connectivity index (χ0) is 23.2. The second-order valence-corrected chi connectivity index (χ2v) is 16.8. The molecular formula is C27H15NS7. The van der Waals surface area contributed by atoms with Gasteiger partial charge in [-0.25, -0.2) is 0 Å². The number of nitrogens with zero attached hydrogens (tertiary/aromatic N) is 1. The quantitative estimate of drug-likeness (QED) is 0.183. The van der Waals surface area contributed by atoms with Crippen molar-refractivity contribution >= 4 is 147 Å². The predicted octanol–water partition coefficient (Wildman–Crippen LogP) is 11.9. The van der Waals surface area contributed by atoms with Gasteiger partial charge in [0.15, 0.2) is 0 Å². The first-order valence-corrected chi connectivity index (χ1v) is 17.0. The van der Waals surface area contributed by atoms with E-state index >= 15 is 0 Å². The Hall–Kier alpha value is -1.78. The highest BCUT2D eigenvalue weighted by molar-refractivity contribution is 7.49. The van der Waals surface area contributed by atoms with E-state index in [9.17, 15) is 0 Å². The lowest BCUT2D eigenvalue weighted by atomic mass is 10.2. The Labute approximate surface area is 227 Å². The molecule has 35 heavy (non-hydrogen) atoms. The van der Waals surface area contributed by atoms with Crippen LogP contribution in [-0.2, 0) is 0 Å². The van der Waals surface area contributed by atoms with Crippen LogP contribution in [0, 0.1) is 20.8 Å². The first-order valence-electron chi connectivity index (χ1n) is 11.3. The first-order chi connectivity index (χ1) is 17.0. The molecule has 0 N–H and O–H groups in total. The van der Waals surface area contributed by atoms with Gasteiger partial charge in [0.25, 0.3) is 0 Å². The van der Waals surface area contributed by atoms with Crippen molar-refractivity contribution in [3.05, 3.63) is 51.7 Å². The lowest BCUT2D eigenvalue weighted by Gasteiger charge is -2.07. The second kappa shape index (κ2) is 6.75. The van der Waals surface area contributed by atoms with Crippen LogP contribution in [0.1, 0.15) is 15.3 Å². The average Bonchev–Trinajstić information content (AvgIpc) is 3.63. The van der Waals surface area contributed by atoms with E-state index in [1.807, 2.05) is 79.4 Å². The molecule has 0 aliphatic heterocycles. The molecule has 0 amide bonds.